The van der Waals surface area contributed by atoms with Crippen LogP contribution in [0.2, 0.25) is 0 Å². The van der Waals surface area contributed by atoms with Crippen molar-refractivity contribution in [1.29, 1.82) is 0 Å². The highest BCUT2D eigenvalue weighted by Crippen LogP contribution is 1.72. The Morgan fingerprint density at radius 1 is 1.09 bits per heavy atom. The molecule has 0 saturated heterocycles. The van der Waals surface area contributed by atoms with Gasteiger partial charge in [0, 0.05) is 4.31 Å². The maximum Gasteiger partial charge on any atom is 0.357 e. The summed E-state index contributed by atoms with van der Waals surface area (Å²) in [7, 11) is 0. The summed E-state index contributed by atoms with van der Waals surface area (Å²) in [5.41, 5.74) is 8.87. The van der Waals surface area contributed by atoms with Crippen LogP contribution in [-0.4, -0.2) is 16.4 Å². The Bertz CT molecular complexity index is 191. The number of thiocarbonyl (C=S) groups is 2. The van der Waals surface area contributed by atoms with E-state index < -0.39 is 12.1 Å². The number of hydrogen-bond acceptors (Lipinski definition) is 4. The number of primary amides is 2. The van der Waals surface area contributed by atoms with E-state index in [4.69, 9.17) is 0 Å². The molecule has 60 valence electrons. The summed E-state index contributed by atoms with van der Waals surface area (Å²) in [4.78, 5) is 19.3. The fourth-order valence-corrected chi connectivity index (χ4v) is 0.0986. The molecule has 8 heteroatoms. The van der Waals surface area contributed by atoms with E-state index in [0.29, 0.717) is 0 Å². The first-order valence-electron chi connectivity index (χ1n) is 2.04. The van der Waals surface area contributed by atoms with Crippen molar-refractivity contribution in [3.8, 4) is 0 Å². The minimum absolute atomic E-state index is 1.04. The van der Waals surface area contributed by atoms with Crippen LogP contribution in [0.15, 0.2) is 10.2 Å². The van der Waals surface area contributed by atoms with Crippen molar-refractivity contribution in [3.05, 3.63) is 0 Å². The maximum absolute atomic E-state index is 9.66. The maximum atomic E-state index is 9.66. The summed E-state index contributed by atoms with van der Waals surface area (Å²) in [6.07, 6.45) is 0. The number of urea groups is 2. The van der Waals surface area contributed by atoms with Gasteiger partial charge in [0.25, 0.3) is 0 Å². The predicted octanol–water partition coefficient (Wildman–Crippen LogP) is 0.614. The molecule has 0 radical (unpaired) electrons. The van der Waals surface area contributed by atoms with Crippen molar-refractivity contribution >= 4 is 40.8 Å². The van der Waals surface area contributed by atoms with Gasteiger partial charge in [0.15, 0.2) is 0 Å². The molecule has 0 aromatic rings. The van der Waals surface area contributed by atoms with Gasteiger partial charge in [-0.05, 0) is 24.4 Å². The Hall–Kier alpha value is -1.24. The average Bonchev–Trinajstić information content (AvgIpc) is 1.85. The van der Waals surface area contributed by atoms with Crippen LogP contribution in [0, 0.1) is 0 Å². The Labute approximate surface area is 72.6 Å². The monoisotopic (exact) mass is 192 g/mol. The van der Waals surface area contributed by atoms with E-state index >= 15 is 0 Å². The molecule has 0 heterocycles. The van der Waals surface area contributed by atoms with E-state index in [-0.39, 0.29) is 0 Å². The summed E-state index contributed by atoms with van der Waals surface area (Å²) >= 11 is 7.92. The summed E-state index contributed by atoms with van der Waals surface area (Å²) in [6, 6.07) is -2.08. The zero-order valence-electron chi connectivity index (χ0n) is 5.18. The molecule has 0 rings (SSSR count). The number of nitrogens with zero attached hydrogens (tertiary/aromatic N) is 2. The van der Waals surface area contributed by atoms with Crippen LogP contribution in [0.25, 0.3) is 0 Å². The molecule has 0 bridgehead atoms. The van der Waals surface area contributed by atoms with Gasteiger partial charge in [-0.1, -0.05) is 10.2 Å². The molecule has 0 saturated carbocycles. The van der Waals surface area contributed by atoms with E-state index in [1.165, 1.54) is 0 Å². The third kappa shape index (κ3) is 28.3. The highest BCUT2D eigenvalue weighted by Gasteiger charge is 1.86. The van der Waals surface area contributed by atoms with Gasteiger partial charge in [-0.2, -0.15) is 0 Å². The van der Waals surface area contributed by atoms with E-state index in [1.54, 1.807) is 0 Å². The van der Waals surface area contributed by atoms with E-state index in [2.05, 4.69) is 46.1 Å². The first kappa shape index (κ1) is 12.4. The van der Waals surface area contributed by atoms with Gasteiger partial charge in [0.05, 0.1) is 0 Å². The topological polar surface area (TPSA) is 111 Å². The van der Waals surface area contributed by atoms with Gasteiger partial charge in [-0.25, -0.2) is 9.59 Å². The molecule has 0 unspecified atom stereocenters. The molecule has 0 aliphatic heterocycles. The minimum Gasteiger partial charge on any atom is -0.348 e. The van der Waals surface area contributed by atoms with Crippen LogP contribution in [-0.2, 0) is 0 Å². The van der Waals surface area contributed by atoms with Gasteiger partial charge in [0.1, 0.15) is 0 Å². The number of carbonyl (C=O) groups is 2. The standard InChI is InChI=1S/C2H4N4O2.CS2/c3-1(7)5-6-2(4)8;2-1-3/h(H2,3,7)(H2,4,8);. The zero-order valence-corrected chi connectivity index (χ0v) is 6.82. The lowest BCUT2D eigenvalue weighted by Crippen LogP contribution is -2.07. The molecule has 0 atom stereocenters. The van der Waals surface area contributed by atoms with Crippen molar-refractivity contribution in [2.45, 2.75) is 0 Å². The molecule has 11 heavy (non-hydrogen) atoms. The van der Waals surface area contributed by atoms with Crippen molar-refractivity contribution in [2.75, 3.05) is 0 Å². The summed E-state index contributed by atoms with van der Waals surface area (Å²) < 4.78 is 1.92. The van der Waals surface area contributed by atoms with Gasteiger partial charge < -0.3 is 11.5 Å². The second-order valence-electron chi connectivity index (χ2n) is 0.960. The van der Waals surface area contributed by atoms with Crippen LogP contribution >= 0.6 is 24.4 Å². The molecular formula is C3H4N4O2S2. The molecule has 0 aromatic carbocycles. The first-order chi connectivity index (χ1) is 5.04. The van der Waals surface area contributed by atoms with E-state index in [9.17, 15) is 9.59 Å². The normalized spacial score (nSPS) is 7.64. The van der Waals surface area contributed by atoms with Crippen LogP contribution in [0.1, 0.15) is 0 Å². The minimum atomic E-state index is -1.04. The van der Waals surface area contributed by atoms with Crippen LogP contribution in [0.5, 0.6) is 0 Å². The average molecular weight is 192 g/mol. The lowest BCUT2D eigenvalue weighted by Gasteiger charge is -1.74. The molecule has 0 aromatic heterocycles. The summed E-state index contributed by atoms with van der Waals surface area (Å²) in [6.45, 7) is 0. The van der Waals surface area contributed by atoms with Crippen LogP contribution in [0.4, 0.5) is 9.59 Å². The number of carbonyl (C=O) groups excluding carboxylic acids is 2. The number of rotatable bonds is 0. The van der Waals surface area contributed by atoms with E-state index in [1.807, 2.05) is 4.31 Å². The van der Waals surface area contributed by atoms with Crippen molar-refractivity contribution in [1.82, 2.24) is 0 Å². The Balaban J connectivity index is 0. The van der Waals surface area contributed by atoms with Gasteiger partial charge in [-0.3, -0.25) is 0 Å². The van der Waals surface area contributed by atoms with E-state index in [0.717, 1.165) is 0 Å². The fraction of sp³-hybridized carbons (Fsp3) is 0. The number of azo groups is 1. The lowest BCUT2D eigenvalue weighted by molar-refractivity contribution is 0.249. The highest BCUT2D eigenvalue weighted by molar-refractivity contribution is 7.93. The Morgan fingerprint density at radius 2 is 1.27 bits per heavy atom. The highest BCUT2D eigenvalue weighted by atomic mass is 32.1. The largest absolute Gasteiger partial charge is 0.357 e. The molecule has 0 aliphatic carbocycles. The van der Waals surface area contributed by atoms with Crippen LogP contribution < -0.4 is 11.5 Å². The number of hydrogen-bond donors (Lipinski definition) is 2. The molecule has 6 nitrogen and oxygen atoms in total. The summed E-state index contributed by atoms with van der Waals surface area (Å²) in [5, 5.41) is 5.23. The first-order valence-corrected chi connectivity index (χ1v) is 2.86. The second-order valence-corrected chi connectivity index (χ2v) is 1.63. The second kappa shape index (κ2) is 8.76. The fourth-order valence-electron chi connectivity index (χ4n) is 0.0986. The lowest BCUT2D eigenvalue weighted by atomic mass is 11.1. The quantitative estimate of drug-likeness (QED) is 0.432. The zero-order chi connectivity index (χ0) is 9.28. The van der Waals surface area contributed by atoms with Gasteiger partial charge >= 0.3 is 12.1 Å². The molecule has 4 N–H and O–H groups in total. The molecular weight excluding hydrogens is 188 g/mol. The van der Waals surface area contributed by atoms with Crippen molar-refractivity contribution in [2.24, 2.45) is 21.7 Å². The van der Waals surface area contributed by atoms with Crippen molar-refractivity contribution < 1.29 is 9.59 Å². The molecule has 4 amide bonds. The number of amides is 4. The SMILES string of the molecule is NC(=O)N=NC(N)=O.S=C=S. The third-order valence-electron chi connectivity index (χ3n) is 0.247. The number of nitrogens with two attached hydrogens (primary N) is 2. The predicted molar refractivity (Wildman–Crippen MR) is 44.2 cm³/mol. The molecule has 0 spiro atoms. The Kier molecular flexibility index (Phi) is 9.90. The van der Waals surface area contributed by atoms with Gasteiger partial charge in [0.2, 0.25) is 0 Å². The smallest absolute Gasteiger partial charge is 0.348 e. The summed E-state index contributed by atoms with van der Waals surface area (Å²) in [5.74, 6) is 0. The van der Waals surface area contributed by atoms with Crippen LogP contribution in [0.3, 0.4) is 0 Å². The van der Waals surface area contributed by atoms with Crippen molar-refractivity contribution in [3.63, 3.8) is 0 Å². The molecule has 0 aliphatic rings. The Morgan fingerprint density at radius 3 is 1.36 bits per heavy atom. The molecule has 0 fully saturated rings. The third-order valence-corrected chi connectivity index (χ3v) is 0.247. The van der Waals surface area contributed by atoms with Gasteiger partial charge in [-0.15, -0.1) is 0 Å².